The van der Waals surface area contributed by atoms with Gasteiger partial charge in [0.2, 0.25) is 0 Å². The number of hydrogen-bond acceptors (Lipinski definition) is 5. The monoisotopic (exact) mass is 214 g/mol. The molecule has 0 amide bonds. The van der Waals surface area contributed by atoms with Crippen LogP contribution in [0.4, 0.5) is 0 Å². The number of nitrogens with zero attached hydrogens (tertiary/aromatic N) is 2. The summed E-state index contributed by atoms with van der Waals surface area (Å²) in [7, 11) is -3.49. The Morgan fingerprint density at radius 2 is 2.14 bits per heavy atom. The Morgan fingerprint density at radius 3 is 2.79 bits per heavy atom. The summed E-state index contributed by atoms with van der Waals surface area (Å²) in [4.78, 5) is 17.3. The minimum atomic E-state index is -3.49. The number of hydrogen-bond donors (Lipinski definition) is 2. The van der Waals surface area contributed by atoms with Gasteiger partial charge in [0.1, 0.15) is 5.39 Å². The van der Waals surface area contributed by atoms with E-state index in [1.54, 1.807) is 0 Å². The molecule has 0 aliphatic carbocycles. The molecule has 2 N–H and O–H groups in total. The summed E-state index contributed by atoms with van der Waals surface area (Å²) < 4.78 is 22.4. The molecule has 74 valence electrons. The fourth-order valence-corrected chi connectivity index (χ4v) is 1.87. The van der Waals surface area contributed by atoms with Crippen LogP contribution in [-0.4, -0.2) is 34.8 Å². The van der Waals surface area contributed by atoms with E-state index in [-0.39, 0.29) is 16.1 Å². The molecule has 0 bridgehead atoms. The summed E-state index contributed by atoms with van der Waals surface area (Å²) in [5.74, 6) is 0. The Bertz CT molecular complexity index is 638. The fourth-order valence-electron chi connectivity index (χ4n) is 1.11. The minimum Gasteiger partial charge on any atom is -0.312 e. The highest BCUT2D eigenvalue weighted by Crippen LogP contribution is 2.12. The van der Waals surface area contributed by atoms with Crippen LogP contribution in [0.1, 0.15) is 0 Å². The van der Waals surface area contributed by atoms with Crippen LogP contribution in [-0.2, 0) is 9.84 Å². The average Bonchev–Trinajstić information content (AvgIpc) is 2.47. The van der Waals surface area contributed by atoms with Crippen LogP contribution >= 0.6 is 0 Å². The molecule has 0 saturated carbocycles. The molecule has 0 aromatic carbocycles. The van der Waals surface area contributed by atoms with E-state index in [9.17, 15) is 13.2 Å². The third-order valence-corrected chi connectivity index (χ3v) is 2.73. The lowest BCUT2D eigenvalue weighted by Gasteiger charge is -1.91. The van der Waals surface area contributed by atoms with Crippen molar-refractivity contribution in [1.29, 1.82) is 0 Å². The highest BCUT2D eigenvalue weighted by Gasteiger charge is 2.18. The number of fused-ring (bicyclic) bond motifs is 1. The Labute approximate surface area is 78.1 Å². The van der Waals surface area contributed by atoms with E-state index in [2.05, 4.69) is 20.2 Å². The van der Waals surface area contributed by atoms with Gasteiger partial charge < -0.3 is 4.98 Å². The molecule has 0 aliphatic rings. The molecule has 0 radical (unpaired) electrons. The van der Waals surface area contributed by atoms with Crippen molar-refractivity contribution in [2.45, 2.75) is 5.03 Å². The molecule has 0 spiro atoms. The van der Waals surface area contributed by atoms with Gasteiger partial charge in [-0.3, -0.25) is 9.89 Å². The van der Waals surface area contributed by atoms with Crippen molar-refractivity contribution in [3.63, 3.8) is 0 Å². The van der Waals surface area contributed by atoms with Gasteiger partial charge in [-0.1, -0.05) is 0 Å². The zero-order valence-corrected chi connectivity index (χ0v) is 7.92. The predicted molar refractivity (Wildman–Crippen MR) is 47.6 cm³/mol. The number of nitrogens with one attached hydrogen (secondary N) is 2. The van der Waals surface area contributed by atoms with Crippen molar-refractivity contribution in [2.75, 3.05) is 6.26 Å². The fraction of sp³-hybridized carbons (Fsp3) is 0.167. The van der Waals surface area contributed by atoms with Crippen molar-refractivity contribution in [1.82, 2.24) is 20.2 Å². The second-order valence-electron chi connectivity index (χ2n) is 2.76. The van der Waals surface area contributed by atoms with Crippen LogP contribution in [0.25, 0.3) is 11.0 Å². The highest BCUT2D eigenvalue weighted by molar-refractivity contribution is 7.90. The van der Waals surface area contributed by atoms with Crippen LogP contribution in [0.5, 0.6) is 0 Å². The number of aromatic amines is 2. The Kier molecular flexibility index (Phi) is 1.68. The Balaban J connectivity index is 3.02. The van der Waals surface area contributed by atoms with Gasteiger partial charge >= 0.3 is 0 Å². The minimum absolute atomic E-state index is 0.0324. The SMILES string of the molecule is CS(=O)(=O)c1[nH]nc2nc[nH]c(=O)c12. The number of rotatable bonds is 1. The summed E-state index contributed by atoms with van der Waals surface area (Å²) in [5, 5.41) is 5.65. The van der Waals surface area contributed by atoms with E-state index in [4.69, 9.17) is 0 Å². The second kappa shape index (κ2) is 2.64. The summed E-state index contributed by atoms with van der Waals surface area (Å²) >= 11 is 0. The number of H-pyrrole nitrogens is 2. The maximum atomic E-state index is 11.3. The van der Waals surface area contributed by atoms with Gasteiger partial charge in [-0.2, -0.15) is 5.10 Å². The lowest BCUT2D eigenvalue weighted by atomic mass is 10.4. The maximum absolute atomic E-state index is 11.3. The summed E-state index contributed by atoms with van der Waals surface area (Å²) in [6, 6.07) is 0. The molecule has 0 unspecified atom stereocenters. The first kappa shape index (κ1) is 8.88. The quantitative estimate of drug-likeness (QED) is 0.636. The van der Waals surface area contributed by atoms with E-state index >= 15 is 0 Å². The molecule has 0 saturated heterocycles. The average molecular weight is 214 g/mol. The van der Waals surface area contributed by atoms with Crippen molar-refractivity contribution in [3.8, 4) is 0 Å². The van der Waals surface area contributed by atoms with Crippen LogP contribution in [0.2, 0.25) is 0 Å². The molecule has 0 fully saturated rings. The smallest absolute Gasteiger partial charge is 0.263 e. The van der Waals surface area contributed by atoms with Crippen LogP contribution in [0, 0.1) is 0 Å². The van der Waals surface area contributed by atoms with E-state index in [1.165, 1.54) is 0 Å². The van der Waals surface area contributed by atoms with Gasteiger partial charge in [-0.25, -0.2) is 13.4 Å². The number of sulfone groups is 1. The molecule has 2 aromatic rings. The van der Waals surface area contributed by atoms with Crippen molar-refractivity contribution in [2.24, 2.45) is 0 Å². The summed E-state index contributed by atoms with van der Waals surface area (Å²) in [5.41, 5.74) is -0.432. The molecule has 0 aliphatic heterocycles. The van der Waals surface area contributed by atoms with Gasteiger partial charge in [0.05, 0.1) is 6.33 Å². The van der Waals surface area contributed by atoms with Gasteiger partial charge in [0.15, 0.2) is 20.5 Å². The molecule has 2 aromatic heterocycles. The third-order valence-electron chi connectivity index (χ3n) is 1.69. The summed E-state index contributed by atoms with van der Waals surface area (Å²) in [6.07, 6.45) is 2.16. The van der Waals surface area contributed by atoms with Crippen molar-refractivity contribution < 1.29 is 8.42 Å². The van der Waals surface area contributed by atoms with E-state index in [0.29, 0.717) is 0 Å². The zero-order valence-electron chi connectivity index (χ0n) is 7.10. The topological polar surface area (TPSA) is 109 Å². The first-order valence-electron chi connectivity index (χ1n) is 3.62. The lowest BCUT2D eigenvalue weighted by Crippen LogP contribution is -2.09. The first-order valence-corrected chi connectivity index (χ1v) is 5.51. The maximum Gasteiger partial charge on any atom is 0.263 e. The Morgan fingerprint density at radius 1 is 1.43 bits per heavy atom. The largest absolute Gasteiger partial charge is 0.312 e. The lowest BCUT2D eigenvalue weighted by molar-refractivity contribution is 0.598. The van der Waals surface area contributed by atoms with Crippen molar-refractivity contribution in [3.05, 3.63) is 16.7 Å². The van der Waals surface area contributed by atoms with Crippen LogP contribution in [0.15, 0.2) is 16.1 Å². The Hall–Kier alpha value is -1.70. The van der Waals surface area contributed by atoms with E-state index in [0.717, 1.165) is 12.6 Å². The molecule has 14 heavy (non-hydrogen) atoms. The number of aromatic nitrogens is 4. The standard InChI is InChI=1S/C6H6N4O3S/c1-14(12,13)6-3-4(9-10-6)7-2-8-5(3)11/h2H,1H3,(H2,7,8,9,10,11). The molecule has 2 heterocycles. The van der Waals surface area contributed by atoms with Gasteiger partial charge in [-0.05, 0) is 0 Å². The van der Waals surface area contributed by atoms with Gasteiger partial charge in [0, 0.05) is 6.26 Å². The second-order valence-corrected chi connectivity index (χ2v) is 4.71. The van der Waals surface area contributed by atoms with Gasteiger partial charge in [0.25, 0.3) is 5.56 Å². The zero-order chi connectivity index (χ0) is 10.3. The molecule has 8 heteroatoms. The molecule has 7 nitrogen and oxygen atoms in total. The highest BCUT2D eigenvalue weighted by atomic mass is 32.2. The third kappa shape index (κ3) is 1.20. The normalized spacial score (nSPS) is 12.1. The molecular weight excluding hydrogens is 208 g/mol. The van der Waals surface area contributed by atoms with E-state index < -0.39 is 15.4 Å². The molecule has 2 rings (SSSR count). The van der Waals surface area contributed by atoms with Gasteiger partial charge in [-0.15, -0.1) is 0 Å². The summed E-state index contributed by atoms with van der Waals surface area (Å²) in [6.45, 7) is 0. The molecular formula is C6H6N4O3S. The van der Waals surface area contributed by atoms with Crippen LogP contribution < -0.4 is 5.56 Å². The predicted octanol–water partition coefficient (Wildman–Crippen LogP) is -0.950. The first-order chi connectivity index (χ1) is 6.50. The van der Waals surface area contributed by atoms with E-state index in [1.807, 2.05) is 0 Å². The molecule has 0 atom stereocenters. The van der Waals surface area contributed by atoms with Crippen LogP contribution in [0.3, 0.4) is 0 Å². The van der Waals surface area contributed by atoms with Crippen molar-refractivity contribution >= 4 is 20.9 Å².